The van der Waals surface area contributed by atoms with Gasteiger partial charge in [-0.2, -0.15) is 0 Å². The van der Waals surface area contributed by atoms with Crippen LogP contribution in [0.25, 0.3) is 83.9 Å². The molecule has 8 aromatic carbocycles. The van der Waals surface area contributed by atoms with Crippen molar-refractivity contribution in [1.82, 2.24) is 4.98 Å². The van der Waals surface area contributed by atoms with Gasteiger partial charge < -0.3 is 4.90 Å². The van der Waals surface area contributed by atoms with Crippen molar-refractivity contribution >= 4 is 113 Å². The Balaban J connectivity index is 1.08. The number of para-hydroxylation sites is 1. The lowest BCUT2D eigenvalue weighted by molar-refractivity contribution is 1.29. The quantitative estimate of drug-likeness (QED) is 0.183. The van der Waals surface area contributed by atoms with Crippen LogP contribution in [0.3, 0.4) is 0 Å². The van der Waals surface area contributed by atoms with Crippen molar-refractivity contribution in [2.45, 2.75) is 0 Å². The minimum atomic E-state index is 1.01. The maximum absolute atomic E-state index is 4.73. The van der Waals surface area contributed by atoms with E-state index in [1.54, 1.807) is 0 Å². The molecule has 238 valence electrons. The van der Waals surface area contributed by atoms with Crippen LogP contribution in [0, 0.1) is 0 Å². The van der Waals surface area contributed by atoms with Gasteiger partial charge in [-0.25, -0.2) is 0 Å². The van der Waals surface area contributed by atoms with Crippen LogP contribution in [-0.4, -0.2) is 4.98 Å². The number of rotatable bonds is 4. The number of pyridine rings is 1. The summed E-state index contributed by atoms with van der Waals surface area (Å²) in [6, 6.07) is 60.1. The van der Waals surface area contributed by atoms with Crippen molar-refractivity contribution in [3.05, 3.63) is 170 Å². The summed E-state index contributed by atoms with van der Waals surface area (Å²) in [5, 5.41) is 11.4. The van der Waals surface area contributed by atoms with Crippen LogP contribution in [0.4, 0.5) is 17.1 Å². The molecule has 4 heteroatoms. The Morgan fingerprint density at radius 3 is 1.53 bits per heavy atom. The molecule has 0 aliphatic carbocycles. The largest absolute Gasteiger partial charge is 0.310 e. The summed E-state index contributed by atoms with van der Waals surface area (Å²) in [7, 11) is 0. The summed E-state index contributed by atoms with van der Waals surface area (Å²) in [5.74, 6) is 0. The summed E-state index contributed by atoms with van der Waals surface area (Å²) in [5.41, 5.74) is 6.63. The van der Waals surface area contributed by atoms with Gasteiger partial charge in [-0.05, 0) is 112 Å². The van der Waals surface area contributed by atoms with Crippen LogP contribution in [0.1, 0.15) is 0 Å². The van der Waals surface area contributed by atoms with Gasteiger partial charge in [0.05, 0.1) is 5.52 Å². The SMILES string of the molecule is c1ccc2ncc(-c3ccc(N(c4ccc5cc6sc7ccccc7c6cc5c4)c4ccc5cc6sc7ccccc7c6cc5c4)cc3)cc2c1. The lowest BCUT2D eigenvalue weighted by Gasteiger charge is -2.26. The van der Waals surface area contributed by atoms with E-state index in [-0.39, 0.29) is 0 Å². The third-order valence-corrected chi connectivity index (χ3v) is 12.5. The first-order chi connectivity index (χ1) is 25.2. The van der Waals surface area contributed by atoms with Gasteiger partial charge in [0.15, 0.2) is 0 Å². The highest BCUT2D eigenvalue weighted by atomic mass is 32.1. The molecule has 0 saturated carbocycles. The van der Waals surface area contributed by atoms with Gasteiger partial charge in [-0.1, -0.05) is 78.9 Å². The number of aromatic nitrogens is 1. The predicted molar refractivity (Wildman–Crippen MR) is 223 cm³/mol. The molecular formula is C47H28N2S2. The topological polar surface area (TPSA) is 16.1 Å². The van der Waals surface area contributed by atoms with Crippen LogP contribution in [-0.2, 0) is 0 Å². The van der Waals surface area contributed by atoms with Crippen LogP contribution in [0.15, 0.2) is 170 Å². The van der Waals surface area contributed by atoms with E-state index in [0.717, 1.165) is 39.1 Å². The third-order valence-electron chi connectivity index (χ3n) is 10.2. The van der Waals surface area contributed by atoms with E-state index in [0.29, 0.717) is 0 Å². The fourth-order valence-electron chi connectivity index (χ4n) is 7.67. The maximum Gasteiger partial charge on any atom is 0.0702 e. The highest BCUT2D eigenvalue weighted by molar-refractivity contribution is 7.26. The normalized spacial score (nSPS) is 11.9. The van der Waals surface area contributed by atoms with Gasteiger partial charge >= 0.3 is 0 Å². The first-order valence-corrected chi connectivity index (χ1v) is 18.8. The minimum Gasteiger partial charge on any atom is -0.310 e. The molecule has 0 amide bonds. The third kappa shape index (κ3) is 4.72. The van der Waals surface area contributed by atoms with E-state index in [9.17, 15) is 0 Å². The smallest absolute Gasteiger partial charge is 0.0702 e. The number of hydrogen-bond acceptors (Lipinski definition) is 4. The van der Waals surface area contributed by atoms with Gasteiger partial charge in [-0.15, -0.1) is 22.7 Å². The summed E-state index contributed by atoms with van der Waals surface area (Å²) < 4.78 is 5.31. The molecule has 0 bridgehead atoms. The van der Waals surface area contributed by atoms with Crippen LogP contribution >= 0.6 is 22.7 Å². The predicted octanol–water partition coefficient (Wildman–Crippen LogP) is 14.4. The number of benzene rings is 8. The Bertz CT molecular complexity index is 3000. The highest BCUT2D eigenvalue weighted by Crippen LogP contribution is 2.42. The van der Waals surface area contributed by atoms with Crippen LogP contribution < -0.4 is 4.90 Å². The highest BCUT2D eigenvalue weighted by Gasteiger charge is 2.16. The van der Waals surface area contributed by atoms with E-state index in [4.69, 9.17) is 4.98 Å². The average Bonchev–Trinajstić information content (AvgIpc) is 3.73. The van der Waals surface area contributed by atoms with E-state index >= 15 is 0 Å². The molecule has 0 N–H and O–H groups in total. The Hall–Kier alpha value is -6.07. The molecule has 11 rings (SSSR count). The molecular weight excluding hydrogens is 657 g/mol. The van der Waals surface area contributed by atoms with E-state index in [1.807, 2.05) is 34.9 Å². The molecule has 0 aliphatic heterocycles. The maximum atomic E-state index is 4.73. The number of hydrogen-bond donors (Lipinski definition) is 0. The molecule has 0 atom stereocenters. The first kappa shape index (κ1) is 28.7. The lowest BCUT2D eigenvalue weighted by atomic mass is 10.0. The fourth-order valence-corrected chi connectivity index (χ4v) is 9.94. The van der Waals surface area contributed by atoms with Crippen molar-refractivity contribution < 1.29 is 0 Å². The van der Waals surface area contributed by atoms with Gasteiger partial charge in [0.1, 0.15) is 0 Å². The zero-order valence-electron chi connectivity index (χ0n) is 27.4. The van der Waals surface area contributed by atoms with E-state index < -0.39 is 0 Å². The minimum absolute atomic E-state index is 1.01. The Morgan fingerprint density at radius 2 is 0.902 bits per heavy atom. The standard InChI is InChI=1S/C47H28N2S2/c1-4-10-43-32(7-1)21-35(28-48-43)29-13-17-36(18-14-29)49(37-19-15-30-26-46-41(24-33(30)22-37)39-8-2-5-11-44(39)50-46)38-20-16-31-27-47-42(25-34(31)23-38)40-9-3-6-12-45(40)51-47/h1-28H. The molecule has 3 heterocycles. The van der Waals surface area contributed by atoms with E-state index in [1.165, 1.54) is 61.9 Å². The number of nitrogens with zero attached hydrogens (tertiary/aromatic N) is 2. The number of anilines is 3. The average molecular weight is 685 g/mol. The van der Waals surface area contributed by atoms with Crippen LogP contribution in [0.2, 0.25) is 0 Å². The molecule has 2 nitrogen and oxygen atoms in total. The zero-order chi connectivity index (χ0) is 33.5. The molecule has 0 saturated heterocycles. The molecule has 0 fully saturated rings. The fraction of sp³-hybridized carbons (Fsp3) is 0. The summed E-state index contributed by atoms with van der Waals surface area (Å²) in [6.45, 7) is 0. The number of thiophene rings is 2. The zero-order valence-corrected chi connectivity index (χ0v) is 29.0. The molecule has 0 spiro atoms. The summed E-state index contributed by atoms with van der Waals surface area (Å²) in [4.78, 5) is 7.13. The molecule has 11 aromatic rings. The monoisotopic (exact) mass is 684 g/mol. The van der Waals surface area contributed by atoms with Crippen molar-refractivity contribution in [2.24, 2.45) is 0 Å². The Labute approximate surface area is 302 Å². The molecule has 0 aliphatic rings. The first-order valence-electron chi connectivity index (χ1n) is 17.2. The molecule has 0 unspecified atom stereocenters. The Kier molecular flexibility index (Phi) is 6.32. The second kappa shape index (κ2) is 11.2. The van der Waals surface area contributed by atoms with Crippen molar-refractivity contribution in [1.29, 1.82) is 0 Å². The molecule has 51 heavy (non-hydrogen) atoms. The van der Waals surface area contributed by atoms with E-state index in [2.05, 4.69) is 163 Å². The van der Waals surface area contributed by atoms with Crippen molar-refractivity contribution in [3.8, 4) is 11.1 Å². The van der Waals surface area contributed by atoms with Crippen molar-refractivity contribution in [3.63, 3.8) is 0 Å². The second-order valence-corrected chi connectivity index (χ2v) is 15.4. The summed E-state index contributed by atoms with van der Waals surface area (Å²) >= 11 is 3.74. The summed E-state index contributed by atoms with van der Waals surface area (Å²) in [6.07, 6.45) is 1.98. The molecule has 3 aromatic heterocycles. The van der Waals surface area contributed by atoms with Crippen LogP contribution in [0.5, 0.6) is 0 Å². The van der Waals surface area contributed by atoms with Crippen molar-refractivity contribution in [2.75, 3.05) is 4.90 Å². The Morgan fingerprint density at radius 1 is 0.353 bits per heavy atom. The van der Waals surface area contributed by atoms with Gasteiger partial charge in [0, 0.05) is 74.6 Å². The number of fused-ring (bicyclic) bond motifs is 9. The molecule has 0 radical (unpaired) electrons. The lowest BCUT2D eigenvalue weighted by Crippen LogP contribution is -2.09. The van der Waals surface area contributed by atoms with Gasteiger partial charge in [-0.3, -0.25) is 4.98 Å². The second-order valence-electron chi connectivity index (χ2n) is 13.3. The van der Waals surface area contributed by atoms with Gasteiger partial charge in [0.25, 0.3) is 0 Å². The van der Waals surface area contributed by atoms with Gasteiger partial charge in [0.2, 0.25) is 0 Å².